The maximum Gasteiger partial charge on any atom is 0.412 e. The molecule has 0 saturated heterocycles. The third kappa shape index (κ3) is 2.22. The zero-order valence-corrected chi connectivity index (χ0v) is 7.74. The zero-order valence-electron chi connectivity index (χ0n) is 7.74. The Bertz CT molecular complexity index is 297. The zero-order chi connectivity index (χ0) is 10.1. The quantitative estimate of drug-likeness (QED) is 0.659. The van der Waals surface area contributed by atoms with Crippen LogP contribution in [0, 0.1) is 16.7 Å². The van der Waals surface area contributed by atoms with Crippen molar-refractivity contribution in [3.05, 3.63) is 11.8 Å². The van der Waals surface area contributed by atoms with Gasteiger partial charge in [0.1, 0.15) is 11.8 Å². The van der Waals surface area contributed by atoms with E-state index < -0.39 is 6.09 Å². The first-order valence-corrected chi connectivity index (χ1v) is 4.08. The van der Waals surface area contributed by atoms with Gasteiger partial charge in [-0.1, -0.05) is 6.92 Å². The van der Waals surface area contributed by atoms with Crippen molar-refractivity contribution in [2.24, 2.45) is 5.41 Å². The molecule has 0 spiro atoms. The molecule has 1 fully saturated rings. The number of hydrogen-bond acceptors (Lipinski definition) is 2. The minimum atomic E-state index is -1.10. The lowest BCUT2D eigenvalue weighted by molar-refractivity contribution is 0.168. The number of rotatable bonds is 2. The average molecular weight is 180 g/mol. The summed E-state index contributed by atoms with van der Waals surface area (Å²) in [6, 6.07) is 1.89. The monoisotopic (exact) mass is 180 g/mol. The molecule has 0 bridgehead atoms. The van der Waals surface area contributed by atoms with E-state index in [1.165, 1.54) is 7.05 Å². The topological polar surface area (TPSA) is 64.3 Å². The van der Waals surface area contributed by atoms with Crippen LogP contribution in [0.3, 0.4) is 0 Å². The van der Waals surface area contributed by atoms with Crippen molar-refractivity contribution in [3.8, 4) is 6.07 Å². The summed E-state index contributed by atoms with van der Waals surface area (Å²) in [6.07, 6.45) is 2.70. The van der Waals surface area contributed by atoms with Gasteiger partial charge in [0.2, 0.25) is 0 Å². The van der Waals surface area contributed by atoms with Crippen molar-refractivity contribution < 1.29 is 9.90 Å². The Morgan fingerprint density at radius 3 is 2.54 bits per heavy atom. The number of carbonyl (C=O) groups is 1. The van der Waals surface area contributed by atoms with Crippen molar-refractivity contribution in [2.75, 3.05) is 7.05 Å². The van der Waals surface area contributed by atoms with Crippen LogP contribution in [0.5, 0.6) is 0 Å². The Kier molecular flexibility index (Phi) is 2.28. The van der Waals surface area contributed by atoms with E-state index in [1.807, 2.05) is 13.0 Å². The van der Waals surface area contributed by atoms with Gasteiger partial charge in [0.15, 0.2) is 0 Å². The summed E-state index contributed by atoms with van der Waals surface area (Å²) in [5.41, 5.74) is 0.266. The molecule has 70 valence electrons. The first kappa shape index (κ1) is 9.59. The molecular formula is C9H12N2O2. The summed E-state index contributed by atoms with van der Waals surface area (Å²) in [5, 5.41) is 17.3. The lowest BCUT2D eigenvalue weighted by Gasteiger charge is -2.12. The molecule has 0 radical (unpaired) electrons. The SMILES string of the molecule is CN(C(=O)O)C(C#N)=CC1(C)CC1. The molecule has 0 heterocycles. The van der Waals surface area contributed by atoms with Gasteiger partial charge in [-0.2, -0.15) is 5.26 Å². The second-order valence-electron chi connectivity index (χ2n) is 3.64. The molecule has 1 N–H and O–H groups in total. The summed E-state index contributed by atoms with van der Waals surface area (Å²) in [6.45, 7) is 2.01. The third-order valence-electron chi connectivity index (χ3n) is 2.29. The van der Waals surface area contributed by atoms with Gasteiger partial charge >= 0.3 is 6.09 Å². The van der Waals surface area contributed by atoms with Gasteiger partial charge in [-0.25, -0.2) is 4.79 Å². The van der Waals surface area contributed by atoms with Crippen LogP contribution >= 0.6 is 0 Å². The standard InChI is InChI=1S/C9H12N2O2/c1-9(3-4-9)5-7(6-10)11(2)8(12)13/h5H,3-4H2,1-2H3,(H,12,13). The van der Waals surface area contributed by atoms with Gasteiger partial charge in [-0.05, 0) is 24.3 Å². The van der Waals surface area contributed by atoms with E-state index in [2.05, 4.69) is 0 Å². The normalized spacial score (nSPS) is 19.0. The number of carboxylic acid groups (broad SMARTS) is 1. The lowest BCUT2D eigenvalue weighted by atomic mass is 10.1. The average Bonchev–Trinajstić information content (AvgIpc) is 2.79. The van der Waals surface area contributed by atoms with Crippen LogP contribution in [0.4, 0.5) is 4.79 Å². The number of nitriles is 1. The van der Waals surface area contributed by atoms with Crippen LogP contribution < -0.4 is 0 Å². The molecule has 1 aliphatic rings. The van der Waals surface area contributed by atoms with Crippen LogP contribution in [-0.4, -0.2) is 23.1 Å². The highest BCUT2D eigenvalue weighted by molar-refractivity contribution is 5.68. The van der Waals surface area contributed by atoms with Gasteiger partial charge in [0.05, 0.1) is 0 Å². The largest absolute Gasteiger partial charge is 0.465 e. The molecule has 1 rings (SSSR count). The molecule has 4 nitrogen and oxygen atoms in total. The van der Waals surface area contributed by atoms with E-state index in [1.54, 1.807) is 6.08 Å². The van der Waals surface area contributed by atoms with Crippen molar-refractivity contribution in [1.82, 2.24) is 4.90 Å². The van der Waals surface area contributed by atoms with Gasteiger partial charge in [-0.15, -0.1) is 0 Å². The fourth-order valence-electron chi connectivity index (χ4n) is 0.979. The highest BCUT2D eigenvalue weighted by atomic mass is 16.4. The van der Waals surface area contributed by atoms with Crippen LogP contribution in [0.15, 0.2) is 11.8 Å². The highest BCUT2D eigenvalue weighted by Gasteiger charge is 2.36. The molecular weight excluding hydrogens is 168 g/mol. The molecule has 1 amide bonds. The molecule has 0 aromatic carbocycles. The summed E-state index contributed by atoms with van der Waals surface area (Å²) < 4.78 is 0. The summed E-state index contributed by atoms with van der Waals surface area (Å²) in [7, 11) is 1.38. The molecule has 1 saturated carbocycles. The smallest absolute Gasteiger partial charge is 0.412 e. The van der Waals surface area contributed by atoms with Crippen molar-refractivity contribution in [1.29, 1.82) is 5.26 Å². The summed E-state index contributed by atoms with van der Waals surface area (Å²) >= 11 is 0. The second-order valence-corrected chi connectivity index (χ2v) is 3.64. The van der Waals surface area contributed by atoms with E-state index in [-0.39, 0.29) is 11.1 Å². The summed E-state index contributed by atoms with van der Waals surface area (Å²) in [5.74, 6) is 0. The van der Waals surface area contributed by atoms with E-state index in [0.29, 0.717) is 0 Å². The Morgan fingerprint density at radius 2 is 2.23 bits per heavy atom. The number of amides is 1. The fraction of sp³-hybridized carbons (Fsp3) is 0.556. The van der Waals surface area contributed by atoms with Crippen LogP contribution in [0.1, 0.15) is 19.8 Å². The molecule has 0 aliphatic heterocycles. The van der Waals surface area contributed by atoms with Crippen molar-refractivity contribution in [3.63, 3.8) is 0 Å². The second kappa shape index (κ2) is 3.09. The Hall–Kier alpha value is -1.50. The number of hydrogen-bond donors (Lipinski definition) is 1. The summed E-state index contributed by atoms with van der Waals surface area (Å²) in [4.78, 5) is 11.5. The van der Waals surface area contributed by atoms with E-state index in [0.717, 1.165) is 17.7 Å². The Labute approximate surface area is 77.1 Å². The maximum atomic E-state index is 10.5. The first-order chi connectivity index (χ1) is 5.98. The van der Waals surface area contributed by atoms with Gasteiger partial charge in [0.25, 0.3) is 0 Å². The minimum absolute atomic E-state index is 0.0504. The Morgan fingerprint density at radius 1 is 1.69 bits per heavy atom. The third-order valence-corrected chi connectivity index (χ3v) is 2.29. The van der Waals surface area contributed by atoms with Crippen molar-refractivity contribution in [2.45, 2.75) is 19.8 Å². The Balaban J connectivity index is 2.79. The van der Waals surface area contributed by atoms with Crippen molar-refractivity contribution >= 4 is 6.09 Å². The molecule has 0 aromatic rings. The van der Waals surface area contributed by atoms with Crippen LogP contribution in [0.25, 0.3) is 0 Å². The number of nitrogens with zero attached hydrogens (tertiary/aromatic N) is 2. The maximum absolute atomic E-state index is 10.5. The predicted molar refractivity (Wildman–Crippen MR) is 46.8 cm³/mol. The first-order valence-electron chi connectivity index (χ1n) is 4.08. The fourth-order valence-corrected chi connectivity index (χ4v) is 0.979. The molecule has 4 heteroatoms. The molecule has 0 aromatic heterocycles. The van der Waals surface area contributed by atoms with Gasteiger partial charge < -0.3 is 5.11 Å². The predicted octanol–water partition coefficient (Wildman–Crippen LogP) is 1.80. The molecule has 0 unspecified atom stereocenters. The molecule has 13 heavy (non-hydrogen) atoms. The van der Waals surface area contributed by atoms with Crippen LogP contribution in [-0.2, 0) is 0 Å². The van der Waals surface area contributed by atoms with E-state index in [9.17, 15) is 4.79 Å². The van der Waals surface area contributed by atoms with Gasteiger partial charge in [-0.3, -0.25) is 4.90 Å². The number of allylic oxidation sites excluding steroid dienone is 2. The van der Waals surface area contributed by atoms with Crippen LogP contribution in [0.2, 0.25) is 0 Å². The molecule has 1 aliphatic carbocycles. The van der Waals surface area contributed by atoms with Gasteiger partial charge in [0, 0.05) is 7.05 Å². The lowest BCUT2D eigenvalue weighted by Crippen LogP contribution is -2.23. The van der Waals surface area contributed by atoms with E-state index >= 15 is 0 Å². The minimum Gasteiger partial charge on any atom is -0.465 e. The van der Waals surface area contributed by atoms with E-state index in [4.69, 9.17) is 10.4 Å². The highest BCUT2D eigenvalue weighted by Crippen LogP contribution is 2.47. The molecule has 0 atom stereocenters.